The van der Waals surface area contributed by atoms with Crippen molar-refractivity contribution >= 4 is 16.9 Å². The van der Waals surface area contributed by atoms with Crippen molar-refractivity contribution in [2.45, 2.75) is 19.4 Å². The minimum Gasteiger partial charge on any atom is -0.489 e. The molecule has 2 aromatic carbocycles. The van der Waals surface area contributed by atoms with E-state index >= 15 is 0 Å². The Balaban J connectivity index is 1.61. The predicted octanol–water partition coefficient (Wildman–Crippen LogP) is 3.83. The Morgan fingerprint density at radius 3 is 2.61 bits per heavy atom. The Labute approximate surface area is 134 Å². The van der Waals surface area contributed by atoms with Crippen LogP contribution in [0.2, 0.25) is 0 Å². The van der Waals surface area contributed by atoms with Crippen LogP contribution in [-0.4, -0.2) is 16.1 Å². The minimum absolute atomic E-state index is 0.142. The molecule has 0 atom stereocenters. The van der Waals surface area contributed by atoms with Crippen molar-refractivity contribution in [2.75, 3.05) is 0 Å². The highest BCUT2D eigenvalue weighted by molar-refractivity contribution is 5.78. The SMILES string of the molecule is O=C(O)CCc1ccc(OCc2cnc3ccccc3c2)cc1. The van der Waals surface area contributed by atoms with Crippen molar-refractivity contribution < 1.29 is 14.6 Å². The average molecular weight is 307 g/mol. The quantitative estimate of drug-likeness (QED) is 0.752. The molecule has 0 saturated heterocycles. The lowest BCUT2D eigenvalue weighted by molar-refractivity contribution is -0.136. The van der Waals surface area contributed by atoms with Crippen molar-refractivity contribution in [2.24, 2.45) is 0 Å². The predicted molar refractivity (Wildman–Crippen MR) is 88.5 cm³/mol. The van der Waals surface area contributed by atoms with Gasteiger partial charge in [0, 0.05) is 23.6 Å². The molecule has 0 unspecified atom stereocenters. The van der Waals surface area contributed by atoms with Gasteiger partial charge in [0.25, 0.3) is 0 Å². The summed E-state index contributed by atoms with van der Waals surface area (Å²) in [6, 6.07) is 17.6. The summed E-state index contributed by atoms with van der Waals surface area (Å²) in [7, 11) is 0. The summed E-state index contributed by atoms with van der Waals surface area (Å²) in [4.78, 5) is 15.0. The van der Waals surface area contributed by atoms with Crippen LogP contribution < -0.4 is 4.74 Å². The Bertz CT molecular complexity index is 812. The van der Waals surface area contributed by atoms with Gasteiger partial charge in [0.15, 0.2) is 0 Å². The fourth-order valence-electron chi connectivity index (χ4n) is 2.37. The van der Waals surface area contributed by atoms with E-state index in [4.69, 9.17) is 9.84 Å². The van der Waals surface area contributed by atoms with Gasteiger partial charge in [-0.15, -0.1) is 0 Å². The number of hydrogen-bond acceptors (Lipinski definition) is 3. The number of carbonyl (C=O) groups is 1. The van der Waals surface area contributed by atoms with Crippen LogP contribution in [0.4, 0.5) is 0 Å². The van der Waals surface area contributed by atoms with Gasteiger partial charge in [0.1, 0.15) is 12.4 Å². The summed E-state index contributed by atoms with van der Waals surface area (Å²) in [6.45, 7) is 0.451. The number of nitrogens with zero attached hydrogens (tertiary/aromatic N) is 1. The Kier molecular flexibility index (Phi) is 4.52. The number of para-hydroxylation sites is 1. The number of benzene rings is 2. The second-order valence-corrected chi connectivity index (χ2v) is 5.36. The molecule has 0 spiro atoms. The number of pyridine rings is 1. The van der Waals surface area contributed by atoms with Crippen molar-refractivity contribution in [1.29, 1.82) is 0 Å². The van der Waals surface area contributed by atoms with E-state index in [0.717, 1.165) is 27.8 Å². The van der Waals surface area contributed by atoms with Crippen molar-refractivity contribution in [3.63, 3.8) is 0 Å². The van der Waals surface area contributed by atoms with Crippen LogP contribution in [0, 0.1) is 0 Å². The summed E-state index contributed by atoms with van der Waals surface area (Å²) < 4.78 is 5.77. The van der Waals surface area contributed by atoms with Crippen molar-refractivity contribution in [1.82, 2.24) is 4.98 Å². The molecule has 3 rings (SSSR count). The molecule has 3 aromatic rings. The zero-order chi connectivity index (χ0) is 16.1. The number of rotatable bonds is 6. The first-order valence-electron chi connectivity index (χ1n) is 7.48. The number of aliphatic carboxylic acids is 1. The molecule has 4 nitrogen and oxygen atoms in total. The van der Waals surface area contributed by atoms with Gasteiger partial charge in [0.05, 0.1) is 5.52 Å². The maximum absolute atomic E-state index is 10.6. The molecule has 0 saturated carbocycles. The molecule has 0 aliphatic carbocycles. The molecule has 0 bridgehead atoms. The van der Waals surface area contributed by atoms with Crippen LogP contribution in [-0.2, 0) is 17.8 Å². The topological polar surface area (TPSA) is 59.4 Å². The number of hydrogen-bond donors (Lipinski definition) is 1. The lowest BCUT2D eigenvalue weighted by Crippen LogP contribution is -1.98. The van der Waals surface area contributed by atoms with Gasteiger partial charge < -0.3 is 9.84 Å². The van der Waals surface area contributed by atoms with Crippen molar-refractivity contribution in [3.8, 4) is 5.75 Å². The molecular formula is C19H17NO3. The normalized spacial score (nSPS) is 10.6. The fourth-order valence-corrected chi connectivity index (χ4v) is 2.37. The van der Waals surface area contributed by atoms with Crippen LogP contribution in [0.1, 0.15) is 17.5 Å². The molecule has 23 heavy (non-hydrogen) atoms. The zero-order valence-corrected chi connectivity index (χ0v) is 12.6. The highest BCUT2D eigenvalue weighted by atomic mass is 16.5. The lowest BCUT2D eigenvalue weighted by Gasteiger charge is -2.08. The van der Waals surface area contributed by atoms with Gasteiger partial charge in [-0.05, 0) is 36.2 Å². The third-order valence-corrected chi connectivity index (χ3v) is 3.60. The Morgan fingerprint density at radius 1 is 1.04 bits per heavy atom. The Morgan fingerprint density at radius 2 is 1.83 bits per heavy atom. The van der Waals surface area contributed by atoms with Crippen LogP contribution in [0.5, 0.6) is 5.75 Å². The van der Waals surface area contributed by atoms with E-state index < -0.39 is 5.97 Å². The molecule has 0 aliphatic rings. The molecular weight excluding hydrogens is 290 g/mol. The first-order valence-corrected chi connectivity index (χ1v) is 7.48. The molecule has 116 valence electrons. The van der Waals surface area contributed by atoms with E-state index in [-0.39, 0.29) is 6.42 Å². The number of ether oxygens (including phenoxy) is 1. The van der Waals surface area contributed by atoms with Crippen LogP contribution >= 0.6 is 0 Å². The zero-order valence-electron chi connectivity index (χ0n) is 12.6. The third kappa shape index (κ3) is 4.07. The monoisotopic (exact) mass is 307 g/mol. The van der Waals surface area contributed by atoms with Crippen LogP contribution in [0.25, 0.3) is 10.9 Å². The molecule has 4 heteroatoms. The fraction of sp³-hybridized carbons (Fsp3) is 0.158. The van der Waals surface area contributed by atoms with Gasteiger partial charge in [0.2, 0.25) is 0 Å². The van der Waals surface area contributed by atoms with E-state index in [1.54, 1.807) is 0 Å². The van der Waals surface area contributed by atoms with Gasteiger partial charge in [-0.25, -0.2) is 0 Å². The number of carboxylic acid groups (broad SMARTS) is 1. The number of fused-ring (bicyclic) bond motifs is 1. The largest absolute Gasteiger partial charge is 0.489 e. The molecule has 1 heterocycles. The lowest BCUT2D eigenvalue weighted by atomic mass is 10.1. The second-order valence-electron chi connectivity index (χ2n) is 5.36. The van der Waals surface area contributed by atoms with E-state index in [1.807, 2.05) is 54.7 Å². The highest BCUT2D eigenvalue weighted by Gasteiger charge is 2.02. The van der Waals surface area contributed by atoms with E-state index in [9.17, 15) is 4.79 Å². The number of carboxylic acids is 1. The van der Waals surface area contributed by atoms with E-state index in [2.05, 4.69) is 11.1 Å². The van der Waals surface area contributed by atoms with E-state index in [0.29, 0.717) is 13.0 Å². The summed E-state index contributed by atoms with van der Waals surface area (Å²) in [5.41, 5.74) is 2.98. The standard InChI is InChI=1S/C19H17NO3/c21-19(22)10-7-14-5-8-17(9-6-14)23-13-15-11-16-3-1-2-4-18(16)20-12-15/h1-6,8-9,11-12H,7,10,13H2,(H,21,22). The number of aryl methyl sites for hydroxylation is 1. The first kappa shape index (κ1) is 15.0. The summed E-state index contributed by atoms with van der Waals surface area (Å²) in [6.07, 6.45) is 2.50. The van der Waals surface area contributed by atoms with Gasteiger partial charge in [-0.2, -0.15) is 0 Å². The maximum Gasteiger partial charge on any atom is 0.303 e. The molecule has 0 fully saturated rings. The molecule has 0 aliphatic heterocycles. The molecule has 1 N–H and O–H groups in total. The average Bonchev–Trinajstić information content (AvgIpc) is 2.59. The van der Waals surface area contributed by atoms with E-state index in [1.165, 1.54) is 0 Å². The van der Waals surface area contributed by atoms with Gasteiger partial charge in [-0.3, -0.25) is 9.78 Å². The van der Waals surface area contributed by atoms with Gasteiger partial charge in [-0.1, -0.05) is 30.3 Å². The number of aromatic nitrogens is 1. The minimum atomic E-state index is -0.783. The smallest absolute Gasteiger partial charge is 0.303 e. The molecule has 1 aromatic heterocycles. The van der Waals surface area contributed by atoms with Crippen LogP contribution in [0.15, 0.2) is 60.8 Å². The Hall–Kier alpha value is -2.88. The maximum atomic E-state index is 10.6. The summed E-state index contributed by atoms with van der Waals surface area (Å²) in [5.74, 6) is -0.0219. The molecule has 0 amide bonds. The summed E-state index contributed by atoms with van der Waals surface area (Å²) in [5, 5.41) is 9.78. The van der Waals surface area contributed by atoms with Crippen molar-refractivity contribution in [3.05, 3.63) is 71.9 Å². The third-order valence-electron chi connectivity index (χ3n) is 3.60. The van der Waals surface area contributed by atoms with Crippen LogP contribution in [0.3, 0.4) is 0 Å². The highest BCUT2D eigenvalue weighted by Crippen LogP contribution is 2.17. The van der Waals surface area contributed by atoms with Gasteiger partial charge >= 0.3 is 5.97 Å². The second kappa shape index (κ2) is 6.92. The molecule has 0 radical (unpaired) electrons. The first-order chi connectivity index (χ1) is 11.2. The summed E-state index contributed by atoms with van der Waals surface area (Å²) >= 11 is 0.